The molecule has 1 aliphatic rings. The molecule has 0 fully saturated rings. The van der Waals surface area contributed by atoms with Crippen molar-refractivity contribution >= 4 is 50.5 Å². The number of sulfonamides is 1. The largest absolute Gasteiger partial charge is 0.486 e. The van der Waals surface area contributed by atoms with Gasteiger partial charge in [0.15, 0.2) is 11.5 Å². The average molecular weight is 534 g/mol. The number of fused-ring (bicyclic) bond motifs is 1. The van der Waals surface area contributed by atoms with Gasteiger partial charge in [-0.3, -0.25) is 9.10 Å². The van der Waals surface area contributed by atoms with Crippen LogP contribution in [0.25, 0.3) is 0 Å². The molecule has 1 aliphatic heterocycles. The van der Waals surface area contributed by atoms with Crippen molar-refractivity contribution in [3.05, 3.63) is 82.3 Å². The fraction of sp³-hybridized carbons (Fsp3) is 0.167. The predicted octanol–water partition coefficient (Wildman–Crippen LogP) is 4.50. The van der Waals surface area contributed by atoms with E-state index in [1.54, 1.807) is 49.4 Å². The Labute approximate surface area is 213 Å². The summed E-state index contributed by atoms with van der Waals surface area (Å²) in [7, 11) is -4.14. The molecule has 1 heterocycles. The van der Waals surface area contributed by atoms with Crippen LogP contribution in [-0.2, 0) is 14.8 Å². The van der Waals surface area contributed by atoms with Crippen LogP contribution < -0.4 is 19.2 Å². The van der Waals surface area contributed by atoms with Crippen LogP contribution in [-0.4, -0.2) is 39.8 Å². The molecule has 11 heteroatoms. The summed E-state index contributed by atoms with van der Waals surface area (Å²) in [6.45, 7) is 2.06. The van der Waals surface area contributed by atoms with Gasteiger partial charge in [-0.1, -0.05) is 47.5 Å². The first-order valence-corrected chi connectivity index (χ1v) is 12.7. The highest BCUT2D eigenvalue weighted by Crippen LogP contribution is 2.35. The van der Waals surface area contributed by atoms with Crippen LogP contribution in [0.5, 0.6) is 11.5 Å². The Morgan fingerprint density at radius 2 is 1.71 bits per heavy atom. The van der Waals surface area contributed by atoms with Gasteiger partial charge in [-0.2, -0.15) is 5.10 Å². The average Bonchev–Trinajstić information content (AvgIpc) is 2.88. The first-order valence-electron chi connectivity index (χ1n) is 10.5. The molecule has 3 aromatic rings. The summed E-state index contributed by atoms with van der Waals surface area (Å²) in [6.07, 6.45) is 0. The van der Waals surface area contributed by atoms with E-state index in [1.165, 1.54) is 24.3 Å². The lowest BCUT2D eigenvalue weighted by molar-refractivity contribution is -0.119. The highest BCUT2D eigenvalue weighted by molar-refractivity contribution is 7.92. The first kappa shape index (κ1) is 24.8. The van der Waals surface area contributed by atoms with E-state index in [0.29, 0.717) is 36.0 Å². The maximum absolute atomic E-state index is 13.4. The maximum atomic E-state index is 13.4. The van der Waals surface area contributed by atoms with Gasteiger partial charge < -0.3 is 9.47 Å². The van der Waals surface area contributed by atoms with Gasteiger partial charge in [0.2, 0.25) is 0 Å². The van der Waals surface area contributed by atoms with Crippen LogP contribution in [0, 0.1) is 0 Å². The minimum atomic E-state index is -4.14. The van der Waals surface area contributed by atoms with Gasteiger partial charge in [0.1, 0.15) is 19.8 Å². The second-order valence-electron chi connectivity index (χ2n) is 7.49. The van der Waals surface area contributed by atoms with Gasteiger partial charge in [-0.15, -0.1) is 0 Å². The van der Waals surface area contributed by atoms with Crippen molar-refractivity contribution in [2.24, 2.45) is 5.10 Å². The molecule has 0 bridgehead atoms. The van der Waals surface area contributed by atoms with E-state index in [-0.39, 0.29) is 20.6 Å². The summed E-state index contributed by atoms with van der Waals surface area (Å²) in [4.78, 5) is 12.8. The molecule has 8 nitrogen and oxygen atoms in total. The number of hydrazone groups is 1. The fourth-order valence-electron chi connectivity index (χ4n) is 3.35. The smallest absolute Gasteiger partial charge is 0.264 e. The number of carbonyl (C=O) groups excluding carboxylic acids is 1. The van der Waals surface area contributed by atoms with Gasteiger partial charge in [0.25, 0.3) is 15.9 Å². The molecular formula is C24H21Cl2N3O5S. The Kier molecular flexibility index (Phi) is 7.49. The van der Waals surface area contributed by atoms with Crippen LogP contribution >= 0.6 is 23.2 Å². The van der Waals surface area contributed by atoms with Crippen LogP contribution in [0.4, 0.5) is 5.69 Å². The molecule has 0 unspecified atom stereocenters. The van der Waals surface area contributed by atoms with Gasteiger partial charge >= 0.3 is 0 Å². The Hall–Kier alpha value is -3.27. The molecule has 1 N–H and O–H groups in total. The highest BCUT2D eigenvalue weighted by atomic mass is 35.5. The van der Waals surface area contributed by atoms with E-state index in [9.17, 15) is 13.2 Å². The molecule has 35 heavy (non-hydrogen) atoms. The van der Waals surface area contributed by atoms with E-state index in [4.69, 9.17) is 32.7 Å². The number of carbonyl (C=O) groups is 1. The fourth-order valence-corrected chi connectivity index (χ4v) is 5.25. The molecule has 182 valence electrons. The quantitative estimate of drug-likeness (QED) is 0.356. The first-order chi connectivity index (χ1) is 16.8. The summed E-state index contributed by atoms with van der Waals surface area (Å²) in [5, 5.41) is 4.29. The van der Waals surface area contributed by atoms with Crippen molar-refractivity contribution in [1.82, 2.24) is 5.43 Å². The third-order valence-corrected chi connectivity index (χ3v) is 7.71. The predicted molar refractivity (Wildman–Crippen MR) is 135 cm³/mol. The van der Waals surface area contributed by atoms with Gasteiger partial charge in [0, 0.05) is 5.56 Å². The van der Waals surface area contributed by atoms with Crippen LogP contribution in [0.1, 0.15) is 12.5 Å². The number of hydrogen-bond donors (Lipinski definition) is 1. The van der Waals surface area contributed by atoms with Crippen LogP contribution in [0.3, 0.4) is 0 Å². The maximum Gasteiger partial charge on any atom is 0.264 e. The SMILES string of the molecule is C/C(=N/NC(=O)CN(c1cccc(Cl)c1Cl)S(=O)(=O)c1ccccc1)c1ccc2c(c1)OCCO2. The van der Waals surface area contributed by atoms with Crippen molar-refractivity contribution in [2.75, 3.05) is 24.1 Å². The number of hydrogen-bond acceptors (Lipinski definition) is 6. The number of nitrogens with one attached hydrogen (secondary N) is 1. The van der Waals surface area contributed by atoms with Crippen LogP contribution in [0.2, 0.25) is 10.0 Å². The zero-order valence-corrected chi connectivity index (χ0v) is 20.9. The minimum Gasteiger partial charge on any atom is -0.486 e. The zero-order chi connectivity index (χ0) is 25.0. The number of rotatable bonds is 7. The second-order valence-corrected chi connectivity index (χ2v) is 10.1. The highest BCUT2D eigenvalue weighted by Gasteiger charge is 2.29. The zero-order valence-electron chi connectivity index (χ0n) is 18.6. The van der Waals surface area contributed by atoms with Crippen LogP contribution in [0.15, 0.2) is 76.7 Å². The van der Waals surface area contributed by atoms with Gasteiger partial charge in [-0.05, 0) is 49.4 Å². The van der Waals surface area contributed by atoms with E-state index < -0.39 is 22.5 Å². The summed E-state index contributed by atoms with van der Waals surface area (Å²) >= 11 is 12.4. The summed E-state index contributed by atoms with van der Waals surface area (Å²) in [6, 6.07) is 17.6. The molecule has 0 radical (unpaired) electrons. The molecular weight excluding hydrogens is 513 g/mol. The van der Waals surface area contributed by atoms with Crippen molar-refractivity contribution in [1.29, 1.82) is 0 Å². The molecule has 0 spiro atoms. The van der Waals surface area contributed by atoms with Gasteiger partial charge in [0.05, 0.1) is 26.3 Å². The number of nitrogens with zero attached hydrogens (tertiary/aromatic N) is 2. The molecule has 0 aliphatic carbocycles. The number of benzene rings is 3. The molecule has 0 atom stereocenters. The van der Waals surface area contributed by atoms with Crippen molar-refractivity contribution in [2.45, 2.75) is 11.8 Å². The number of amides is 1. The summed E-state index contributed by atoms with van der Waals surface area (Å²) in [5.74, 6) is 0.555. The standard InChI is InChI=1S/C24H21Cl2N3O5S/c1-16(17-10-11-21-22(14-17)34-13-12-33-21)27-28-23(30)15-29(20-9-5-8-19(25)24(20)26)35(31,32)18-6-3-2-4-7-18/h2-11,14H,12-13,15H2,1H3,(H,28,30)/b27-16-. The Bertz CT molecular complexity index is 1380. The molecule has 3 aromatic carbocycles. The summed E-state index contributed by atoms with van der Waals surface area (Å²) < 4.78 is 38.8. The van der Waals surface area contributed by atoms with Crippen molar-refractivity contribution < 1.29 is 22.7 Å². The summed E-state index contributed by atoms with van der Waals surface area (Å²) in [5.41, 5.74) is 3.69. The number of halogens is 2. The third kappa shape index (κ3) is 5.53. The lowest BCUT2D eigenvalue weighted by Crippen LogP contribution is -2.40. The third-order valence-electron chi connectivity index (χ3n) is 5.13. The van der Waals surface area contributed by atoms with Crippen molar-refractivity contribution in [3.8, 4) is 11.5 Å². The Morgan fingerprint density at radius 3 is 2.46 bits per heavy atom. The molecule has 0 saturated heterocycles. The Morgan fingerprint density at radius 1 is 1.00 bits per heavy atom. The number of ether oxygens (including phenoxy) is 2. The monoisotopic (exact) mass is 533 g/mol. The van der Waals surface area contributed by atoms with E-state index >= 15 is 0 Å². The number of anilines is 1. The molecule has 0 saturated carbocycles. The Balaban J connectivity index is 1.58. The lowest BCUT2D eigenvalue weighted by atomic mass is 10.1. The minimum absolute atomic E-state index is 0.000183. The molecule has 1 amide bonds. The second kappa shape index (κ2) is 10.6. The van der Waals surface area contributed by atoms with Gasteiger partial charge in [-0.25, -0.2) is 13.8 Å². The van der Waals surface area contributed by atoms with E-state index in [1.807, 2.05) is 0 Å². The normalized spacial score (nSPS) is 13.3. The topological polar surface area (TPSA) is 97.3 Å². The molecule has 4 rings (SSSR count). The lowest BCUT2D eigenvalue weighted by Gasteiger charge is -2.25. The van der Waals surface area contributed by atoms with E-state index in [0.717, 1.165) is 4.31 Å². The molecule has 0 aromatic heterocycles. The van der Waals surface area contributed by atoms with E-state index in [2.05, 4.69) is 10.5 Å². The van der Waals surface area contributed by atoms with Crippen molar-refractivity contribution in [3.63, 3.8) is 0 Å².